The summed E-state index contributed by atoms with van der Waals surface area (Å²) in [5.41, 5.74) is 2.80. The van der Waals surface area contributed by atoms with Crippen LogP contribution in [0.2, 0.25) is 5.15 Å². The Kier molecular flexibility index (Phi) is 5.56. The highest BCUT2D eigenvalue weighted by Crippen LogP contribution is 2.26. The van der Waals surface area contributed by atoms with Crippen LogP contribution in [0.25, 0.3) is 5.65 Å². The molecule has 8 heteroatoms. The van der Waals surface area contributed by atoms with Gasteiger partial charge in [0.25, 0.3) is 0 Å². The molecule has 7 nitrogen and oxygen atoms in total. The molecule has 2 heterocycles. The van der Waals surface area contributed by atoms with Crippen LogP contribution in [0.1, 0.15) is 11.3 Å². The molecular formula is C18H18ClN5O2. The van der Waals surface area contributed by atoms with Crippen molar-refractivity contribution in [2.45, 2.75) is 6.54 Å². The number of hydrogen-bond acceptors (Lipinski definition) is 6. The number of fused-ring (bicyclic) bond motifs is 1. The lowest BCUT2D eigenvalue weighted by Gasteiger charge is -2.25. The molecule has 0 aliphatic rings. The van der Waals surface area contributed by atoms with E-state index in [9.17, 15) is 5.26 Å². The molecule has 0 fully saturated rings. The average molecular weight is 372 g/mol. The van der Waals surface area contributed by atoms with E-state index in [0.717, 1.165) is 17.0 Å². The van der Waals surface area contributed by atoms with Crippen molar-refractivity contribution in [3.8, 4) is 11.8 Å². The van der Waals surface area contributed by atoms with Crippen molar-refractivity contribution < 1.29 is 9.47 Å². The SMILES string of the molecule is COCCN(Cc1ccc(OC)cc1)c1cc(Cl)nn2c(C#N)cnc12. The van der Waals surface area contributed by atoms with Crippen LogP contribution < -0.4 is 9.64 Å². The van der Waals surface area contributed by atoms with Gasteiger partial charge < -0.3 is 14.4 Å². The summed E-state index contributed by atoms with van der Waals surface area (Å²) in [4.78, 5) is 6.44. The van der Waals surface area contributed by atoms with Crippen molar-refractivity contribution in [3.05, 3.63) is 52.9 Å². The molecular weight excluding hydrogens is 354 g/mol. The molecule has 0 radical (unpaired) electrons. The maximum absolute atomic E-state index is 9.23. The van der Waals surface area contributed by atoms with Gasteiger partial charge in [-0.05, 0) is 17.7 Å². The predicted molar refractivity (Wildman–Crippen MR) is 98.6 cm³/mol. The Bertz CT molecular complexity index is 933. The molecule has 0 N–H and O–H groups in total. The molecule has 134 valence electrons. The highest BCUT2D eigenvalue weighted by atomic mass is 35.5. The summed E-state index contributed by atoms with van der Waals surface area (Å²) < 4.78 is 11.9. The van der Waals surface area contributed by atoms with Gasteiger partial charge in [-0.15, -0.1) is 0 Å². The third-order valence-corrected chi connectivity index (χ3v) is 4.16. The zero-order valence-corrected chi connectivity index (χ0v) is 15.3. The highest BCUT2D eigenvalue weighted by Gasteiger charge is 2.17. The lowest BCUT2D eigenvalue weighted by molar-refractivity contribution is 0.205. The maximum atomic E-state index is 9.23. The molecule has 0 unspecified atom stereocenters. The van der Waals surface area contributed by atoms with E-state index in [0.29, 0.717) is 36.2 Å². The molecule has 3 aromatic rings. The third-order valence-electron chi connectivity index (χ3n) is 3.97. The predicted octanol–water partition coefficient (Wildman–Crippen LogP) is 2.92. The number of rotatable bonds is 7. The minimum Gasteiger partial charge on any atom is -0.497 e. The van der Waals surface area contributed by atoms with E-state index in [1.165, 1.54) is 10.7 Å². The number of nitrogens with zero attached hydrogens (tertiary/aromatic N) is 5. The van der Waals surface area contributed by atoms with Gasteiger partial charge in [0.2, 0.25) is 0 Å². The zero-order valence-electron chi connectivity index (χ0n) is 14.5. The van der Waals surface area contributed by atoms with Gasteiger partial charge >= 0.3 is 0 Å². The molecule has 0 saturated heterocycles. The Morgan fingerprint density at radius 2 is 2.04 bits per heavy atom. The van der Waals surface area contributed by atoms with Crippen LogP contribution in [-0.2, 0) is 11.3 Å². The fourth-order valence-corrected chi connectivity index (χ4v) is 2.85. The number of anilines is 1. The van der Waals surface area contributed by atoms with Crippen molar-refractivity contribution in [3.63, 3.8) is 0 Å². The molecule has 26 heavy (non-hydrogen) atoms. The second kappa shape index (κ2) is 8.04. The van der Waals surface area contributed by atoms with E-state index < -0.39 is 0 Å². The lowest BCUT2D eigenvalue weighted by Crippen LogP contribution is -2.27. The first-order valence-electron chi connectivity index (χ1n) is 7.97. The fourth-order valence-electron chi connectivity index (χ4n) is 2.67. The topological polar surface area (TPSA) is 75.7 Å². The number of halogens is 1. The largest absolute Gasteiger partial charge is 0.497 e. The molecule has 0 spiro atoms. The van der Waals surface area contributed by atoms with Crippen LogP contribution in [0.5, 0.6) is 5.75 Å². The second-order valence-electron chi connectivity index (χ2n) is 5.61. The van der Waals surface area contributed by atoms with Gasteiger partial charge in [0.15, 0.2) is 16.5 Å². The van der Waals surface area contributed by atoms with Crippen LogP contribution in [0, 0.1) is 11.3 Å². The molecule has 2 aromatic heterocycles. The van der Waals surface area contributed by atoms with E-state index in [4.69, 9.17) is 21.1 Å². The number of methoxy groups -OCH3 is 2. The highest BCUT2D eigenvalue weighted by molar-refractivity contribution is 6.29. The van der Waals surface area contributed by atoms with Gasteiger partial charge in [0.1, 0.15) is 11.8 Å². The van der Waals surface area contributed by atoms with Crippen LogP contribution in [0.4, 0.5) is 5.69 Å². The molecule has 3 rings (SSSR count). The van der Waals surface area contributed by atoms with E-state index in [2.05, 4.69) is 21.1 Å². The standard InChI is InChI=1S/C18H18ClN5O2/c1-25-8-7-23(12-13-3-5-15(26-2)6-4-13)16-9-17(19)22-24-14(10-20)11-21-18(16)24/h3-6,9,11H,7-8,12H2,1-2H3. The lowest BCUT2D eigenvalue weighted by atomic mass is 10.2. The Labute approximate surface area is 156 Å². The molecule has 0 aliphatic heterocycles. The number of aromatic nitrogens is 3. The monoisotopic (exact) mass is 371 g/mol. The summed E-state index contributed by atoms with van der Waals surface area (Å²) in [6, 6.07) is 11.7. The van der Waals surface area contributed by atoms with Crippen molar-refractivity contribution in [1.29, 1.82) is 5.26 Å². The van der Waals surface area contributed by atoms with Crippen molar-refractivity contribution >= 4 is 22.9 Å². The van der Waals surface area contributed by atoms with Gasteiger partial charge in [-0.1, -0.05) is 23.7 Å². The summed E-state index contributed by atoms with van der Waals surface area (Å²) >= 11 is 6.19. The minimum atomic E-state index is 0.291. The first-order chi connectivity index (χ1) is 12.7. The Hall–Kier alpha value is -2.82. The second-order valence-corrected chi connectivity index (χ2v) is 5.99. The summed E-state index contributed by atoms with van der Waals surface area (Å²) in [7, 11) is 3.30. The quantitative estimate of drug-likeness (QED) is 0.635. The number of imidazole rings is 1. The van der Waals surface area contributed by atoms with Crippen molar-refractivity contribution in [2.24, 2.45) is 0 Å². The van der Waals surface area contributed by atoms with Crippen LogP contribution in [0.15, 0.2) is 36.5 Å². The zero-order chi connectivity index (χ0) is 18.5. The minimum absolute atomic E-state index is 0.291. The van der Waals surface area contributed by atoms with E-state index in [1.54, 1.807) is 20.3 Å². The summed E-state index contributed by atoms with van der Waals surface area (Å²) in [6.45, 7) is 1.79. The van der Waals surface area contributed by atoms with E-state index in [1.807, 2.05) is 24.3 Å². The van der Waals surface area contributed by atoms with Gasteiger partial charge in [-0.2, -0.15) is 14.9 Å². The molecule has 0 aliphatic carbocycles. The normalized spacial score (nSPS) is 10.7. The van der Waals surface area contributed by atoms with Gasteiger partial charge in [-0.25, -0.2) is 4.98 Å². The summed E-state index contributed by atoms with van der Waals surface area (Å²) in [5.74, 6) is 0.804. The molecule has 0 amide bonds. The maximum Gasteiger partial charge on any atom is 0.178 e. The fraction of sp³-hybridized carbons (Fsp3) is 0.278. The van der Waals surface area contributed by atoms with Crippen LogP contribution in [0.3, 0.4) is 0 Å². The number of benzene rings is 1. The third kappa shape index (κ3) is 3.72. The van der Waals surface area contributed by atoms with Gasteiger partial charge in [0, 0.05) is 26.3 Å². The molecule has 0 bridgehead atoms. The van der Waals surface area contributed by atoms with Crippen LogP contribution in [-0.4, -0.2) is 42.0 Å². The number of ether oxygens (including phenoxy) is 2. The smallest absolute Gasteiger partial charge is 0.178 e. The number of hydrogen-bond donors (Lipinski definition) is 0. The summed E-state index contributed by atoms with van der Waals surface area (Å²) in [5, 5.41) is 13.7. The Morgan fingerprint density at radius 3 is 2.69 bits per heavy atom. The van der Waals surface area contributed by atoms with Crippen molar-refractivity contribution in [2.75, 3.05) is 32.3 Å². The van der Waals surface area contributed by atoms with Crippen molar-refractivity contribution in [1.82, 2.24) is 14.6 Å². The first-order valence-corrected chi connectivity index (χ1v) is 8.35. The molecule has 0 atom stereocenters. The summed E-state index contributed by atoms with van der Waals surface area (Å²) in [6.07, 6.45) is 1.49. The van der Waals surface area contributed by atoms with Gasteiger partial charge in [-0.3, -0.25) is 0 Å². The average Bonchev–Trinajstić information content (AvgIpc) is 3.07. The van der Waals surface area contributed by atoms with E-state index in [-0.39, 0.29) is 0 Å². The molecule has 1 aromatic carbocycles. The molecule has 0 saturated carbocycles. The Balaban J connectivity index is 2.00. The Morgan fingerprint density at radius 1 is 1.27 bits per heavy atom. The van der Waals surface area contributed by atoms with Crippen LogP contribution >= 0.6 is 11.6 Å². The number of nitriles is 1. The first kappa shape index (κ1) is 18.0. The van der Waals surface area contributed by atoms with E-state index >= 15 is 0 Å². The van der Waals surface area contributed by atoms with Gasteiger partial charge in [0.05, 0.1) is 25.6 Å².